The van der Waals surface area contributed by atoms with Gasteiger partial charge in [-0.05, 0) is 69.7 Å². The second-order valence-corrected chi connectivity index (χ2v) is 6.49. The molecule has 0 saturated carbocycles. The van der Waals surface area contributed by atoms with E-state index in [0.29, 0.717) is 0 Å². The molecule has 2 aliphatic rings. The molecule has 0 radical (unpaired) electrons. The van der Waals surface area contributed by atoms with Gasteiger partial charge in [-0.1, -0.05) is 0 Å². The van der Waals surface area contributed by atoms with Gasteiger partial charge in [0.15, 0.2) is 6.21 Å². The number of hydrogen-bond acceptors (Lipinski definition) is 0. The van der Waals surface area contributed by atoms with E-state index >= 15 is 0 Å². The molecule has 0 amide bonds. The Kier molecular flexibility index (Phi) is 5.75. The topological polar surface area (TPSA) is 29.8 Å². The lowest BCUT2D eigenvalue weighted by molar-refractivity contribution is -0.383. The zero-order valence-electron chi connectivity index (χ0n) is 14.9. The molecule has 0 spiro atoms. The molecule has 0 unspecified atom stereocenters. The van der Waals surface area contributed by atoms with Crippen LogP contribution in [0.15, 0.2) is 34.7 Å². The minimum atomic E-state index is -6.00. The quantitative estimate of drug-likeness (QED) is 0.558. The minimum Gasteiger partial charge on any atom is -0.418 e. The molecule has 1 aliphatic heterocycles. The van der Waals surface area contributed by atoms with Crippen molar-refractivity contribution in [3.05, 3.63) is 51.5 Å². The molecule has 0 saturated heterocycles. The smallest absolute Gasteiger partial charge is 0.418 e. The lowest BCUT2D eigenvalue weighted by Gasteiger charge is -2.15. The maximum Gasteiger partial charge on any atom is 0.673 e. The Morgan fingerprint density at radius 3 is 2.16 bits per heavy atom. The van der Waals surface area contributed by atoms with Crippen molar-refractivity contribution < 1.29 is 22.3 Å². The van der Waals surface area contributed by atoms with Crippen molar-refractivity contribution in [1.82, 2.24) is 4.98 Å². The average molecular weight is 354 g/mol. The van der Waals surface area contributed by atoms with Crippen LogP contribution >= 0.6 is 0 Å². The lowest BCUT2D eigenvalue weighted by Crippen LogP contribution is -2.64. The Morgan fingerprint density at radius 1 is 1.04 bits per heavy atom. The number of hydrogen-bond donors (Lipinski definition) is 2. The summed E-state index contributed by atoms with van der Waals surface area (Å²) in [6, 6.07) is 0. The number of nitrogens with one attached hydrogen (secondary N) is 2. The number of rotatable bonds is 1. The fraction of sp³-hybridized carbons (Fsp3) is 0.389. The van der Waals surface area contributed by atoms with Crippen LogP contribution in [-0.2, 0) is 0 Å². The van der Waals surface area contributed by atoms with Crippen LogP contribution in [0.5, 0.6) is 0 Å². The Balaban J connectivity index is 0.000000399. The van der Waals surface area contributed by atoms with E-state index in [1.807, 2.05) is 0 Å². The maximum atomic E-state index is 9.75. The van der Waals surface area contributed by atoms with Crippen LogP contribution in [0.25, 0.3) is 5.57 Å². The van der Waals surface area contributed by atoms with Gasteiger partial charge in [-0.25, -0.2) is 4.99 Å². The molecule has 1 aromatic heterocycles. The van der Waals surface area contributed by atoms with E-state index in [4.69, 9.17) is 0 Å². The first-order valence-corrected chi connectivity index (χ1v) is 8.31. The van der Waals surface area contributed by atoms with Gasteiger partial charge in [0.25, 0.3) is 0 Å². The summed E-state index contributed by atoms with van der Waals surface area (Å²) in [6.45, 7) is 8.75. The Morgan fingerprint density at radius 2 is 1.68 bits per heavy atom. The second-order valence-electron chi connectivity index (χ2n) is 6.49. The lowest BCUT2D eigenvalue weighted by atomic mass is 9.89. The van der Waals surface area contributed by atoms with E-state index in [-0.39, 0.29) is 0 Å². The van der Waals surface area contributed by atoms with Crippen LogP contribution in [0.2, 0.25) is 0 Å². The van der Waals surface area contributed by atoms with E-state index in [0.717, 1.165) is 0 Å². The molecule has 2 N–H and O–H groups in total. The Bertz CT molecular complexity index is 773. The average Bonchev–Trinajstić information content (AvgIpc) is 3.02. The van der Waals surface area contributed by atoms with Crippen LogP contribution in [0.4, 0.5) is 17.3 Å². The van der Waals surface area contributed by atoms with Crippen LogP contribution in [0.3, 0.4) is 0 Å². The number of allylic oxidation sites excluding steroid dienone is 5. The Labute approximate surface area is 145 Å². The molecule has 0 atom stereocenters. The van der Waals surface area contributed by atoms with E-state index < -0.39 is 7.25 Å². The summed E-state index contributed by atoms with van der Waals surface area (Å²) in [5, 5.41) is 0. The van der Waals surface area contributed by atoms with Crippen molar-refractivity contribution in [3.8, 4) is 0 Å². The molecule has 25 heavy (non-hydrogen) atoms. The molecule has 2 heterocycles. The van der Waals surface area contributed by atoms with Crippen LogP contribution in [0.1, 0.15) is 49.9 Å². The van der Waals surface area contributed by atoms with Gasteiger partial charge in [0.2, 0.25) is 5.70 Å². The minimum absolute atomic E-state index is 1.17. The van der Waals surface area contributed by atoms with Crippen LogP contribution < -0.4 is 4.99 Å². The van der Waals surface area contributed by atoms with E-state index in [9.17, 15) is 17.3 Å². The Hall–Kier alpha value is -2.05. The molecule has 0 aromatic carbocycles. The molecular formula is C18H23BF4N2. The highest BCUT2D eigenvalue weighted by atomic mass is 19.5. The summed E-state index contributed by atoms with van der Waals surface area (Å²) < 4.78 is 39.0. The van der Waals surface area contributed by atoms with Crippen molar-refractivity contribution >= 4 is 19.0 Å². The summed E-state index contributed by atoms with van der Waals surface area (Å²) in [6.07, 6.45) is 10.2. The highest BCUT2D eigenvalue weighted by Crippen LogP contribution is 2.33. The monoisotopic (exact) mass is 354 g/mol. The summed E-state index contributed by atoms with van der Waals surface area (Å²) >= 11 is 0. The van der Waals surface area contributed by atoms with Crippen molar-refractivity contribution in [1.29, 1.82) is 0 Å². The van der Waals surface area contributed by atoms with Crippen LogP contribution in [0, 0.1) is 13.8 Å². The van der Waals surface area contributed by atoms with E-state index in [1.165, 1.54) is 64.1 Å². The standard InChI is InChI=1S/C18H22N2.BF4/c1-11-9-19-17(13(11)3)15-6-5-7-16(8-15)18-14(4)12(2)10-20-18;2-1(3,4)5/h8-10,19H,5-7H2,1-4H3;/q;-1/p+1/b18-16-;. The molecular weight excluding hydrogens is 331 g/mol. The maximum absolute atomic E-state index is 9.75. The summed E-state index contributed by atoms with van der Waals surface area (Å²) in [4.78, 5) is 6.89. The summed E-state index contributed by atoms with van der Waals surface area (Å²) in [5.74, 6) is 0. The van der Waals surface area contributed by atoms with Gasteiger partial charge in [0, 0.05) is 28.6 Å². The van der Waals surface area contributed by atoms with Gasteiger partial charge >= 0.3 is 7.25 Å². The number of aromatic nitrogens is 1. The fourth-order valence-corrected chi connectivity index (χ4v) is 3.07. The third-order valence-electron chi connectivity index (χ3n) is 4.68. The van der Waals surface area contributed by atoms with Gasteiger partial charge < -0.3 is 22.2 Å². The predicted octanol–water partition coefficient (Wildman–Crippen LogP) is 4.25. The first kappa shape index (κ1) is 19.3. The second kappa shape index (κ2) is 7.46. The third-order valence-corrected chi connectivity index (χ3v) is 4.68. The fourth-order valence-electron chi connectivity index (χ4n) is 3.07. The first-order chi connectivity index (χ1) is 11.6. The van der Waals surface area contributed by atoms with Gasteiger partial charge in [-0.2, -0.15) is 0 Å². The van der Waals surface area contributed by atoms with Gasteiger partial charge in [0.05, 0.1) is 0 Å². The summed E-state index contributed by atoms with van der Waals surface area (Å²) in [7, 11) is -6.00. The number of aryl methyl sites for hydroxylation is 1. The molecule has 1 aliphatic carbocycles. The predicted molar refractivity (Wildman–Crippen MR) is 94.7 cm³/mol. The molecule has 0 fully saturated rings. The number of H-pyrrole nitrogens is 1. The van der Waals surface area contributed by atoms with Crippen molar-refractivity contribution in [3.63, 3.8) is 0 Å². The number of halogens is 4. The highest BCUT2D eigenvalue weighted by Gasteiger charge is 2.23. The largest absolute Gasteiger partial charge is 0.673 e. The first-order valence-electron chi connectivity index (χ1n) is 8.31. The third kappa shape index (κ3) is 4.97. The molecule has 3 rings (SSSR count). The molecule has 2 nitrogen and oxygen atoms in total. The zero-order chi connectivity index (χ0) is 18.8. The van der Waals surface area contributed by atoms with Crippen molar-refractivity contribution in [2.45, 2.75) is 47.0 Å². The molecule has 7 heteroatoms. The SMILES string of the molecule is CC1=C(C)/C(=C2/C=C(c3[nH]cc(C)c3C)CCC2)[NH+]=C1.F[B-](F)(F)F. The molecule has 1 aromatic rings. The van der Waals surface area contributed by atoms with Crippen molar-refractivity contribution in [2.75, 3.05) is 0 Å². The van der Waals surface area contributed by atoms with Gasteiger partial charge in [-0.15, -0.1) is 0 Å². The van der Waals surface area contributed by atoms with Gasteiger partial charge in [0.1, 0.15) is 0 Å². The van der Waals surface area contributed by atoms with Crippen LogP contribution in [-0.4, -0.2) is 18.5 Å². The van der Waals surface area contributed by atoms with Gasteiger partial charge in [-0.3, -0.25) is 0 Å². The highest BCUT2D eigenvalue weighted by molar-refractivity contribution is 6.50. The summed E-state index contributed by atoms with van der Waals surface area (Å²) in [5.41, 5.74) is 11.0. The zero-order valence-corrected chi connectivity index (χ0v) is 14.9. The van der Waals surface area contributed by atoms with E-state index in [2.05, 4.69) is 56.2 Å². The molecule has 0 bridgehead atoms. The van der Waals surface area contributed by atoms with Crippen molar-refractivity contribution in [2.24, 2.45) is 0 Å². The normalized spacial score (nSPS) is 20.6. The molecule has 136 valence electrons. The number of aromatic amines is 1. The van der Waals surface area contributed by atoms with E-state index in [1.54, 1.807) is 0 Å².